The highest BCUT2D eigenvalue weighted by molar-refractivity contribution is 5.89. The summed E-state index contributed by atoms with van der Waals surface area (Å²) in [5, 5.41) is 5.15. The molecule has 0 spiro atoms. The van der Waals surface area contributed by atoms with Gasteiger partial charge in [-0.15, -0.1) is 0 Å². The molecule has 3 N–H and O–H groups in total. The van der Waals surface area contributed by atoms with Crippen LogP contribution in [0.1, 0.15) is 12.8 Å². The lowest BCUT2D eigenvalue weighted by molar-refractivity contribution is -0.134. The zero-order chi connectivity index (χ0) is 13.3. The van der Waals surface area contributed by atoms with Crippen LogP contribution in [0.4, 0.5) is 0 Å². The number of fused-ring (bicyclic) bond motifs is 1. The lowest BCUT2D eigenvalue weighted by atomic mass is 10.1. The van der Waals surface area contributed by atoms with Gasteiger partial charge in [-0.2, -0.15) is 0 Å². The van der Waals surface area contributed by atoms with Crippen LogP contribution in [0.25, 0.3) is 10.8 Å². The zero-order valence-corrected chi connectivity index (χ0v) is 10.6. The minimum absolute atomic E-state index is 0.460. The molecule has 2 aromatic rings. The van der Waals surface area contributed by atoms with Gasteiger partial charge in [-0.05, 0) is 24.4 Å². The van der Waals surface area contributed by atoms with Gasteiger partial charge in [0.15, 0.2) is 0 Å². The molecule has 0 aliphatic carbocycles. The summed E-state index contributed by atoms with van der Waals surface area (Å²) in [6, 6.07) is 13.7. The number of benzene rings is 2. The fourth-order valence-electron chi connectivity index (χ4n) is 2.54. The summed E-state index contributed by atoms with van der Waals surface area (Å²) in [5.74, 6) is 0.226. The summed E-state index contributed by atoms with van der Waals surface area (Å²) in [6.45, 7) is 0.744. The Morgan fingerprint density at radius 2 is 2.00 bits per heavy atom. The van der Waals surface area contributed by atoms with E-state index in [1.807, 2.05) is 42.5 Å². The summed E-state index contributed by atoms with van der Waals surface area (Å²) in [6.07, 6.45) is 1.49. The van der Waals surface area contributed by atoms with Gasteiger partial charge in [0.25, 0.3) is 5.91 Å². The average Bonchev–Trinajstić information content (AvgIpc) is 2.89. The van der Waals surface area contributed by atoms with E-state index in [0.29, 0.717) is 12.2 Å². The van der Waals surface area contributed by atoms with Crippen molar-refractivity contribution >= 4 is 16.7 Å². The second-order valence-electron chi connectivity index (χ2n) is 4.80. The number of hydrogen-bond acceptors (Lipinski definition) is 3. The molecule has 0 aromatic heterocycles. The molecular weight excluding hydrogens is 240 g/mol. The van der Waals surface area contributed by atoms with Crippen LogP contribution < -0.4 is 15.8 Å². The molecule has 1 heterocycles. The first-order valence-electron chi connectivity index (χ1n) is 6.43. The van der Waals surface area contributed by atoms with Crippen molar-refractivity contribution in [3.8, 4) is 5.75 Å². The van der Waals surface area contributed by atoms with Crippen LogP contribution in [0.3, 0.4) is 0 Å². The maximum absolute atomic E-state index is 11.7. The molecule has 1 atom stereocenters. The molecule has 0 radical (unpaired) electrons. The van der Waals surface area contributed by atoms with Crippen molar-refractivity contribution in [3.05, 3.63) is 42.5 Å². The Morgan fingerprint density at radius 3 is 2.74 bits per heavy atom. The minimum atomic E-state index is -1.07. The van der Waals surface area contributed by atoms with Crippen molar-refractivity contribution in [3.63, 3.8) is 0 Å². The molecule has 1 aliphatic rings. The van der Waals surface area contributed by atoms with Crippen LogP contribution in [-0.2, 0) is 4.79 Å². The quantitative estimate of drug-likeness (QED) is 0.880. The van der Waals surface area contributed by atoms with Crippen LogP contribution in [0.2, 0.25) is 0 Å². The Kier molecular flexibility index (Phi) is 2.87. The van der Waals surface area contributed by atoms with Gasteiger partial charge >= 0.3 is 0 Å². The van der Waals surface area contributed by atoms with E-state index in [-0.39, 0.29) is 0 Å². The van der Waals surface area contributed by atoms with Crippen molar-refractivity contribution in [1.82, 2.24) is 5.32 Å². The highest BCUT2D eigenvalue weighted by Gasteiger charge is 2.42. The summed E-state index contributed by atoms with van der Waals surface area (Å²) in [7, 11) is 0. The van der Waals surface area contributed by atoms with Gasteiger partial charge in [-0.3, -0.25) is 10.1 Å². The van der Waals surface area contributed by atoms with Crippen LogP contribution in [0, 0.1) is 0 Å². The van der Waals surface area contributed by atoms with Gasteiger partial charge in [0, 0.05) is 11.8 Å². The fourth-order valence-corrected chi connectivity index (χ4v) is 2.54. The maximum Gasteiger partial charge on any atom is 0.277 e. The molecule has 98 valence electrons. The van der Waals surface area contributed by atoms with E-state index in [9.17, 15) is 4.79 Å². The molecule has 19 heavy (non-hydrogen) atoms. The highest BCUT2D eigenvalue weighted by atomic mass is 16.5. The average molecular weight is 256 g/mol. The number of nitrogens with two attached hydrogens (primary N) is 1. The monoisotopic (exact) mass is 256 g/mol. The van der Waals surface area contributed by atoms with Gasteiger partial charge in [-0.1, -0.05) is 36.4 Å². The summed E-state index contributed by atoms with van der Waals surface area (Å²) in [4.78, 5) is 11.7. The van der Waals surface area contributed by atoms with E-state index in [2.05, 4.69) is 5.32 Å². The first-order valence-corrected chi connectivity index (χ1v) is 6.43. The van der Waals surface area contributed by atoms with E-state index in [1.54, 1.807) is 0 Å². The smallest absolute Gasteiger partial charge is 0.277 e. The van der Waals surface area contributed by atoms with E-state index < -0.39 is 11.6 Å². The molecular formula is C15H16N2O2. The Hall–Kier alpha value is -2.07. The molecule has 3 rings (SSSR count). The lowest BCUT2D eigenvalue weighted by Gasteiger charge is -2.27. The Morgan fingerprint density at radius 1 is 1.21 bits per heavy atom. The van der Waals surface area contributed by atoms with E-state index in [0.717, 1.165) is 23.7 Å². The van der Waals surface area contributed by atoms with E-state index in [1.165, 1.54) is 0 Å². The van der Waals surface area contributed by atoms with Crippen molar-refractivity contribution in [1.29, 1.82) is 0 Å². The third kappa shape index (κ3) is 2.04. The van der Waals surface area contributed by atoms with E-state index >= 15 is 0 Å². The Bertz CT molecular complexity index is 613. The number of amides is 1. The molecule has 1 aliphatic heterocycles. The Labute approximate surface area is 111 Å². The highest BCUT2D eigenvalue weighted by Crippen LogP contribution is 2.30. The summed E-state index contributed by atoms with van der Waals surface area (Å²) in [5.41, 5.74) is 4.43. The number of carbonyl (C=O) groups is 1. The number of nitrogens with one attached hydrogen (secondary N) is 1. The number of carbonyl (C=O) groups excluding carboxylic acids is 1. The third-order valence-corrected chi connectivity index (χ3v) is 3.55. The molecule has 0 unspecified atom stereocenters. The predicted molar refractivity (Wildman–Crippen MR) is 73.7 cm³/mol. The first-order chi connectivity index (χ1) is 9.21. The predicted octanol–water partition coefficient (Wildman–Crippen LogP) is 1.78. The normalized spacial score (nSPS) is 22.5. The third-order valence-electron chi connectivity index (χ3n) is 3.55. The lowest BCUT2D eigenvalue weighted by Crippen LogP contribution is -2.56. The number of rotatable bonds is 3. The van der Waals surface area contributed by atoms with Gasteiger partial charge in [0.2, 0.25) is 5.72 Å². The molecule has 1 amide bonds. The molecule has 0 bridgehead atoms. The molecule has 4 heteroatoms. The topological polar surface area (TPSA) is 64.4 Å². The molecule has 2 aromatic carbocycles. The van der Waals surface area contributed by atoms with Crippen molar-refractivity contribution in [2.75, 3.05) is 6.54 Å². The van der Waals surface area contributed by atoms with Crippen LogP contribution >= 0.6 is 0 Å². The molecule has 1 fully saturated rings. The van der Waals surface area contributed by atoms with Crippen molar-refractivity contribution in [2.24, 2.45) is 5.73 Å². The molecule has 0 saturated carbocycles. The second-order valence-corrected chi connectivity index (χ2v) is 4.80. The molecule has 1 saturated heterocycles. The second kappa shape index (κ2) is 4.55. The standard InChI is InChI=1S/C15H16N2O2/c16-14(18)15(9-4-10-17-15)19-13-8-3-6-11-5-1-2-7-12(11)13/h1-3,5-8,17H,4,9-10H2,(H2,16,18)/t15-/m0/s1. The summed E-state index contributed by atoms with van der Waals surface area (Å²) < 4.78 is 5.95. The van der Waals surface area contributed by atoms with Gasteiger partial charge in [0.1, 0.15) is 5.75 Å². The molecule has 4 nitrogen and oxygen atoms in total. The Balaban J connectivity index is 2.03. The number of primary amides is 1. The number of ether oxygens (including phenoxy) is 1. The maximum atomic E-state index is 11.7. The van der Waals surface area contributed by atoms with Gasteiger partial charge < -0.3 is 10.5 Å². The van der Waals surface area contributed by atoms with Crippen molar-refractivity contribution in [2.45, 2.75) is 18.6 Å². The number of hydrogen-bond donors (Lipinski definition) is 2. The fraction of sp³-hybridized carbons (Fsp3) is 0.267. The largest absolute Gasteiger partial charge is 0.463 e. The first kappa shape index (κ1) is 12.0. The van der Waals surface area contributed by atoms with Crippen LogP contribution in [0.15, 0.2) is 42.5 Å². The SMILES string of the molecule is NC(=O)[C@@]1(Oc2cccc3ccccc23)CCCN1. The van der Waals surface area contributed by atoms with Crippen molar-refractivity contribution < 1.29 is 9.53 Å². The van der Waals surface area contributed by atoms with Crippen LogP contribution in [0.5, 0.6) is 5.75 Å². The van der Waals surface area contributed by atoms with E-state index in [4.69, 9.17) is 10.5 Å². The van der Waals surface area contributed by atoms with Gasteiger partial charge in [-0.25, -0.2) is 0 Å². The zero-order valence-electron chi connectivity index (χ0n) is 10.6. The summed E-state index contributed by atoms with van der Waals surface area (Å²) >= 11 is 0. The van der Waals surface area contributed by atoms with Crippen LogP contribution in [-0.4, -0.2) is 18.2 Å². The minimum Gasteiger partial charge on any atom is -0.463 e. The van der Waals surface area contributed by atoms with Gasteiger partial charge in [0.05, 0.1) is 0 Å².